The first-order chi connectivity index (χ1) is 10.6. The molecule has 1 amide bonds. The molecule has 2 N–H and O–H groups in total. The molecule has 0 aromatic heterocycles. The van der Waals surface area contributed by atoms with Gasteiger partial charge in [0.2, 0.25) is 5.91 Å². The van der Waals surface area contributed by atoms with Crippen LogP contribution in [0.15, 0.2) is 29.8 Å². The average Bonchev–Trinajstić information content (AvgIpc) is 2.54. The first-order valence-corrected chi connectivity index (χ1v) is 8.07. The number of hydrogen-bond donors (Lipinski definition) is 2. The van der Waals surface area contributed by atoms with Crippen molar-refractivity contribution in [2.75, 3.05) is 26.2 Å². The Labute approximate surface area is 136 Å². The van der Waals surface area contributed by atoms with Crippen molar-refractivity contribution in [3.8, 4) is 5.75 Å². The second-order valence-electron chi connectivity index (χ2n) is 5.46. The van der Waals surface area contributed by atoms with Crippen molar-refractivity contribution in [2.24, 2.45) is 0 Å². The highest BCUT2D eigenvalue weighted by atomic mass is 35.5. The number of amides is 1. The van der Waals surface area contributed by atoms with Crippen molar-refractivity contribution in [3.05, 3.63) is 40.4 Å². The third-order valence-electron chi connectivity index (χ3n) is 3.62. The molecule has 4 nitrogen and oxygen atoms in total. The molecule has 0 fully saturated rings. The fourth-order valence-corrected chi connectivity index (χ4v) is 2.38. The lowest BCUT2D eigenvalue weighted by Crippen LogP contribution is -2.29. The van der Waals surface area contributed by atoms with E-state index in [0.29, 0.717) is 26.0 Å². The summed E-state index contributed by atoms with van der Waals surface area (Å²) in [5.74, 6) is 0.873. The Bertz CT molecular complexity index is 543. The average molecular weight is 323 g/mol. The van der Waals surface area contributed by atoms with Gasteiger partial charge in [-0.15, -0.1) is 0 Å². The highest BCUT2D eigenvalue weighted by Gasteiger charge is 2.06. The predicted octanol–water partition coefficient (Wildman–Crippen LogP) is 2.84. The Hall–Kier alpha value is -1.52. The fraction of sp³-hybridized carbons (Fsp3) is 0.471. The molecule has 1 aliphatic rings. The van der Waals surface area contributed by atoms with E-state index in [0.717, 1.165) is 35.8 Å². The number of hydrogen-bond acceptors (Lipinski definition) is 3. The molecule has 0 spiro atoms. The van der Waals surface area contributed by atoms with E-state index in [2.05, 4.69) is 16.7 Å². The van der Waals surface area contributed by atoms with E-state index in [1.54, 1.807) is 0 Å². The van der Waals surface area contributed by atoms with Crippen molar-refractivity contribution in [3.63, 3.8) is 0 Å². The molecule has 2 rings (SSSR count). The molecule has 0 radical (unpaired) electrons. The van der Waals surface area contributed by atoms with E-state index in [4.69, 9.17) is 16.3 Å². The quantitative estimate of drug-likeness (QED) is 0.599. The molecular formula is C17H23ClN2O2. The number of nitrogens with one attached hydrogen (secondary N) is 2. The van der Waals surface area contributed by atoms with E-state index in [9.17, 15) is 4.79 Å². The molecule has 0 saturated heterocycles. The summed E-state index contributed by atoms with van der Waals surface area (Å²) in [7, 11) is 0. The summed E-state index contributed by atoms with van der Waals surface area (Å²) >= 11 is 5.97. The lowest BCUT2D eigenvalue weighted by atomic mass is 10.1. The van der Waals surface area contributed by atoms with Crippen LogP contribution < -0.4 is 15.4 Å². The summed E-state index contributed by atoms with van der Waals surface area (Å²) in [6.45, 7) is 5.03. The van der Waals surface area contributed by atoms with Gasteiger partial charge in [0.05, 0.1) is 6.61 Å². The molecule has 5 heteroatoms. The topological polar surface area (TPSA) is 50.4 Å². The third kappa shape index (κ3) is 5.70. The molecule has 22 heavy (non-hydrogen) atoms. The smallest absolute Gasteiger partial charge is 0.220 e. The first-order valence-electron chi connectivity index (χ1n) is 7.69. The second-order valence-corrected chi connectivity index (χ2v) is 5.86. The van der Waals surface area contributed by atoms with Gasteiger partial charge in [0.1, 0.15) is 5.75 Å². The van der Waals surface area contributed by atoms with Crippen LogP contribution in [0.5, 0.6) is 5.75 Å². The maximum absolute atomic E-state index is 11.8. The summed E-state index contributed by atoms with van der Waals surface area (Å²) in [6, 6.07) is 5.58. The van der Waals surface area contributed by atoms with Crippen LogP contribution in [0.25, 0.3) is 0 Å². The minimum absolute atomic E-state index is 0.0790. The van der Waals surface area contributed by atoms with Crippen molar-refractivity contribution in [2.45, 2.75) is 26.2 Å². The van der Waals surface area contributed by atoms with E-state index in [1.165, 1.54) is 5.57 Å². The Morgan fingerprint density at radius 2 is 2.32 bits per heavy atom. The predicted molar refractivity (Wildman–Crippen MR) is 89.5 cm³/mol. The highest BCUT2D eigenvalue weighted by Crippen LogP contribution is 2.21. The van der Waals surface area contributed by atoms with Crippen LogP contribution >= 0.6 is 11.6 Å². The minimum Gasteiger partial charge on any atom is -0.494 e. The molecule has 0 aliphatic carbocycles. The highest BCUT2D eigenvalue weighted by molar-refractivity contribution is 6.31. The Morgan fingerprint density at radius 3 is 3.05 bits per heavy atom. The van der Waals surface area contributed by atoms with E-state index < -0.39 is 0 Å². The van der Waals surface area contributed by atoms with Gasteiger partial charge >= 0.3 is 0 Å². The molecular weight excluding hydrogens is 300 g/mol. The summed E-state index contributed by atoms with van der Waals surface area (Å²) in [4.78, 5) is 11.8. The largest absolute Gasteiger partial charge is 0.494 e. The van der Waals surface area contributed by atoms with Gasteiger partial charge in [0, 0.05) is 24.5 Å². The van der Waals surface area contributed by atoms with Crippen LogP contribution in [0, 0.1) is 6.92 Å². The van der Waals surface area contributed by atoms with Crippen LogP contribution in [0.1, 0.15) is 24.8 Å². The SMILES string of the molecule is Cc1cc(OCCCC(=O)NCC2=CCNCC2)ccc1Cl. The number of benzene rings is 1. The van der Waals surface area contributed by atoms with E-state index in [-0.39, 0.29) is 5.91 Å². The molecule has 1 aliphatic heterocycles. The first kappa shape index (κ1) is 16.8. The number of carbonyl (C=O) groups excluding carboxylic acids is 1. The lowest BCUT2D eigenvalue weighted by Gasteiger charge is -2.14. The zero-order valence-corrected chi connectivity index (χ0v) is 13.7. The van der Waals surface area contributed by atoms with Crippen LogP contribution in [-0.4, -0.2) is 32.1 Å². The Balaban J connectivity index is 1.60. The molecule has 0 bridgehead atoms. The maximum Gasteiger partial charge on any atom is 0.220 e. The third-order valence-corrected chi connectivity index (χ3v) is 4.04. The fourth-order valence-electron chi connectivity index (χ4n) is 2.26. The standard InChI is InChI=1S/C17H23ClN2O2/c1-13-11-15(4-5-16(13)18)22-10-2-3-17(21)20-12-14-6-8-19-9-7-14/h4-6,11,19H,2-3,7-10,12H2,1H3,(H,20,21). The molecule has 1 aromatic carbocycles. The van der Waals surface area contributed by atoms with E-state index in [1.807, 2.05) is 25.1 Å². The van der Waals surface area contributed by atoms with Gasteiger partial charge < -0.3 is 15.4 Å². The van der Waals surface area contributed by atoms with Gasteiger partial charge in [-0.3, -0.25) is 4.79 Å². The Morgan fingerprint density at radius 1 is 1.45 bits per heavy atom. The normalized spacial score (nSPS) is 14.4. The van der Waals surface area contributed by atoms with Crippen molar-refractivity contribution >= 4 is 17.5 Å². The Kier molecular flexibility index (Phi) is 6.74. The van der Waals surface area contributed by atoms with Gasteiger partial charge in [0.25, 0.3) is 0 Å². The van der Waals surface area contributed by atoms with Crippen LogP contribution in [0.3, 0.4) is 0 Å². The number of ether oxygens (including phenoxy) is 1. The summed E-state index contributed by atoms with van der Waals surface area (Å²) in [5, 5.41) is 6.95. The number of rotatable bonds is 7. The number of aryl methyl sites for hydroxylation is 1. The van der Waals surface area contributed by atoms with Crippen LogP contribution in [0.2, 0.25) is 5.02 Å². The maximum atomic E-state index is 11.8. The summed E-state index contributed by atoms with van der Waals surface area (Å²) < 4.78 is 5.63. The van der Waals surface area contributed by atoms with Crippen LogP contribution in [-0.2, 0) is 4.79 Å². The van der Waals surface area contributed by atoms with Gasteiger partial charge in [-0.05, 0) is 50.1 Å². The molecule has 120 valence electrons. The van der Waals surface area contributed by atoms with Crippen LogP contribution in [0.4, 0.5) is 0 Å². The lowest BCUT2D eigenvalue weighted by molar-refractivity contribution is -0.121. The summed E-state index contributed by atoms with van der Waals surface area (Å²) in [5.41, 5.74) is 2.30. The molecule has 0 atom stereocenters. The monoisotopic (exact) mass is 322 g/mol. The molecule has 0 unspecified atom stereocenters. The number of halogens is 1. The second kappa shape index (κ2) is 8.81. The molecule has 1 heterocycles. The van der Waals surface area contributed by atoms with Crippen molar-refractivity contribution in [1.82, 2.24) is 10.6 Å². The zero-order valence-electron chi connectivity index (χ0n) is 13.0. The zero-order chi connectivity index (χ0) is 15.8. The van der Waals surface area contributed by atoms with Gasteiger partial charge in [-0.25, -0.2) is 0 Å². The molecule has 0 saturated carbocycles. The van der Waals surface area contributed by atoms with Gasteiger partial charge in [-0.1, -0.05) is 23.3 Å². The summed E-state index contributed by atoms with van der Waals surface area (Å²) in [6.07, 6.45) is 4.35. The number of carbonyl (C=O) groups is 1. The van der Waals surface area contributed by atoms with Crippen molar-refractivity contribution in [1.29, 1.82) is 0 Å². The van der Waals surface area contributed by atoms with Gasteiger partial charge in [-0.2, -0.15) is 0 Å². The van der Waals surface area contributed by atoms with Crippen molar-refractivity contribution < 1.29 is 9.53 Å². The minimum atomic E-state index is 0.0790. The van der Waals surface area contributed by atoms with E-state index >= 15 is 0 Å². The van der Waals surface area contributed by atoms with Gasteiger partial charge in [0.15, 0.2) is 0 Å². The molecule has 1 aromatic rings.